The van der Waals surface area contributed by atoms with Gasteiger partial charge >= 0.3 is 0 Å². The molecule has 6 heteroatoms. The number of ketones is 1. The summed E-state index contributed by atoms with van der Waals surface area (Å²) in [6.07, 6.45) is 3.43. The Morgan fingerprint density at radius 3 is 2.78 bits per heavy atom. The predicted octanol–water partition coefficient (Wildman–Crippen LogP) is 3.33. The van der Waals surface area contributed by atoms with Crippen molar-refractivity contribution in [1.82, 2.24) is 9.97 Å². The maximum atomic E-state index is 12.3. The van der Waals surface area contributed by atoms with Gasteiger partial charge in [0.25, 0.3) is 0 Å². The molecule has 3 aromatic rings. The number of oxazole rings is 1. The third-order valence-electron chi connectivity index (χ3n) is 3.27. The summed E-state index contributed by atoms with van der Waals surface area (Å²) < 4.78 is 5.53. The molecule has 0 aliphatic carbocycles. The minimum Gasteiger partial charge on any atom is -0.439 e. The summed E-state index contributed by atoms with van der Waals surface area (Å²) in [4.78, 5) is 20.5. The Morgan fingerprint density at radius 2 is 2.04 bits per heavy atom. The number of Topliss-reactive ketones (excluding diaryl/α,β-unsaturated/α-hetero) is 1. The maximum absolute atomic E-state index is 12.3. The number of para-hydroxylation sites is 2. The fourth-order valence-corrected chi connectivity index (χ4v) is 3.01. The van der Waals surface area contributed by atoms with E-state index in [9.17, 15) is 10.1 Å². The fraction of sp³-hybridized carbons (Fsp3) is 0.176. The van der Waals surface area contributed by atoms with Crippen molar-refractivity contribution < 1.29 is 9.21 Å². The highest BCUT2D eigenvalue weighted by Gasteiger charge is 2.25. The Bertz CT molecular complexity index is 822. The van der Waals surface area contributed by atoms with E-state index >= 15 is 0 Å². The van der Waals surface area contributed by atoms with E-state index in [2.05, 4.69) is 9.97 Å². The summed E-state index contributed by atoms with van der Waals surface area (Å²) in [5.74, 6) is -0.0622. The summed E-state index contributed by atoms with van der Waals surface area (Å²) >= 11 is 1.46. The lowest BCUT2D eigenvalue weighted by atomic mass is 10.1. The summed E-state index contributed by atoms with van der Waals surface area (Å²) in [7, 11) is 0. The van der Waals surface area contributed by atoms with Crippen LogP contribution in [-0.2, 0) is 10.5 Å². The van der Waals surface area contributed by atoms with Crippen LogP contribution in [0.5, 0.6) is 0 Å². The molecule has 5 nitrogen and oxygen atoms in total. The molecule has 1 aromatic carbocycles. The van der Waals surface area contributed by atoms with E-state index in [0.29, 0.717) is 16.9 Å². The van der Waals surface area contributed by atoms with E-state index in [1.54, 1.807) is 24.5 Å². The molecule has 23 heavy (non-hydrogen) atoms. The first-order chi connectivity index (χ1) is 11.3. The zero-order valence-electron chi connectivity index (χ0n) is 12.2. The molecule has 0 aliphatic rings. The van der Waals surface area contributed by atoms with Crippen LogP contribution in [0, 0.1) is 11.3 Å². The van der Waals surface area contributed by atoms with Crippen LogP contribution in [0.2, 0.25) is 0 Å². The molecule has 0 N–H and O–H groups in total. The van der Waals surface area contributed by atoms with Crippen molar-refractivity contribution in [1.29, 1.82) is 5.26 Å². The van der Waals surface area contributed by atoms with Crippen molar-refractivity contribution >= 4 is 28.6 Å². The molecule has 2 aromatic heterocycles. The molecular formula is C17H13N3O2S. The summed E-state index contributed by atoms with van der Waals surface area (Å²) in [6.45, 7) is 0. The van der Waals surface area contributed by atoms with Crippen molar-refractivity contribution in [3.63, 3.8) is 0 Å². The lowest BCUT2D eigenvalue weighted by Gasteiger charge is -2.04. The largest absolute Gasteiger partial charge is 0.439 e. The summed E-state index contributed by atoms with van der Waals surface area (Å²) in [5.41, 5.74) is 2.33. The zero-order chi connectivity index (χ0) is 16.1. The fourth-order valence-electron chi connectivity index (χ4n) is 2.11. The molecule has 3 rings (SSSR count). The van der Waals surface area contributed by atoms with E-state index in [1.165, 1.54) is 11.8 Å². The van der Waals surface area contributed by atoms with Crippen LogP contribution in [0.3, 0.4) is 0 Å². The van der Waals surface area contributed by atoms with Crippen LogP contribution in [-0.4, -0.2) is 21.5 Å². The smallest absolute Gasteiger partial charge is 0.220 e. The van der Waals surface area contributed by atoms with Gasteiger partial charge in [0.05, 0.1) is 11.8 Å². The average molecular weight is 323 g/mol. The second-order valence-corrected chi connectivity index (χ2v) is 5.88. The number of nitriles is 1. The topological polar surface area (TPSA) is 79.8 Å². The molecule has 114 valence electrons. The number of pyridine rings is 1. The van der Waals surface area contributed by atoms with Gasteiger partial charge in [-0.05, 0) is 29.8 Å². The number of hydrogen-bond acceptors (Lipinski definition) is 6. The van der Waals surface area contributed by atoms with Gasteiger partial charge in [0.15, 0.2) is 17.3 Å². The van der Waals surface area contributed by atoms with E-state index < -0.39 is 5.92 Å². The minimum atomic E-state index is -0.965. The minimum absolute atomic E-state index is 0.170. The number of hydrogen-bond donors (Lipinski definition) is 0. The van der Waals surface area contributed by atoms with Crippen LogP contribution >= 0.6 is 11.8 Å². The highest BCUT2D eigenvalue weighted by molar-refractivity contribution is 7.99. The molecule has 2 heterocycles. The molecule has 0 aliphatic heterocycles. The quantitative estimate of drug-likeness (QED) is 0.692. The first-order valence-electron chi connectivity index (χ1n) is 7.02. The summed E-state index contributed by atoms with van der Waals surface area (Å²) in [5, 5.41) is 9.30. The van der Waals surface area contributed by atoms with Gasteiger partial charge in [-0.1, -0.05) is 12.1 Å². The highest BCUT2D eigenvalue weighted by Crippen LogP contribution is 2.23. The van der Waals surface area contributed by atoms with Gasteiger partial charge in [0.1, 0.15) is 5.52 Å². The van der Waals surface area contributed by atoms with Crippen molar-refractivity contribution in [2.45, 2.75) is 11.7 Å². The molecule has 0 fully saturated rings. The molecule has 0 saturated heterocycles. The SMILES string of the molecule is N#C[C@@H](C(=O)CSCc1ccncc1)c1nc2ccccc2o1. The van der Waals surface area contributed by atoms with E-state index in [4.69, 9.17) is 4.42 Å². The number of carbonyl (C=O) groups excluding carboxylic acids is 1. The number of thioether (sulfide) groups is 1. The van der Waals surface area contributed by atoms with Gasteiger partial charge in [-0.3, -0.25) is 9.78 Å². The van der Waals surface area contributed by atoms with Crippen LogP contribution in [0.15, 0.2) is 53.2 Å². The monoisotopic (exact) mass is 323 g/mol. The average Bonchev–Trinajstić information content (AvgIpc) is 3.00. The normalized spacial score (nSPS) is 12.0. The van der Waals surface area contributed by atoms with Crippen molar-refractivity contribution in [3.05, 3.63) is 60.2 Å². The summed E-state index contributed by atoms with van der Waals surface area (Å²) in [6, 6.07) is 13.0. The molecule has 0 saturated carbocycles. The molecule has 0 bridgehead atoms. The Labute approximate surface area is 137 Å². The van der Waals surface area contributed by atoms with E-state index in [1.807, 2.05) is 30.3 Å². The number of aromatic nitrogens is 2. The molecule has 1 atom stereocenters. The van der Waals surface area contributed by atoms with Crippen LogP contribution in [0.4, 0.5) is 0 Å². The second kappa shape index (κ2) is 7.07. The van der Waals surface area contributed by atoms with Crippen molar-refractivity contribution in [2.75, 3.05) is 5.75 Å². The third-order valence-corrected chi connectivity index (χ3v) is 4.30. The van der Waals surface area contributed by atoms with Gasteiger partial charge in [0, 0.05) is 18.1 Å². The Hall–Kier alpha value is -2.65. The number of carbonyl (C=O) groups is 1. The second-order valence-electron chi connectivity index (χ2n) is 4.90. The first kappa shape index (κ1) is 15.3. The third kappa shape index (κ3) is 3.58. The van der Waals surface area contributed by atoms with Crippen molar-refractivity contribution in [3.8, 4) is 6.07 Å². The standard InChI is InChI=1S/C17H13N3O2S/c18-9-13(17-20-14-3-1-2-4-16(14)22-17)15(21)11-23-10-12-5-7-19-8-6-12/h1-8,13H,10-11H2/t13-/m0/s1. The lowest BCUT2D eigenvalue weighted by molar-refractivity contribution is -0.117. The van der Waals surface area contributed by atoms with Crippen LogP contribution in [0.25, 0.3) is 11.1 Å². The van der Waals surface area contributed by atoms with E-state index in [0.717, 1.165) is 5.56 Å². The molecule has 0 unspecified atom stereocenters. The highest BCUT2D eigenvalue weighted by atomic mass is 32.2. The Balaban J connectivity index is 1.66. The van der Waals surface area contributed by atoms with Gasteiger partial charge in [-0.15, -0.1) is 11.8 Å². The number of nitrogens with zero attached hydrogens (tertiary/aromatic N) is 3. The number of benzene rings is 1. The van der Waals surface area contributed by atoms with Gasteiger partial charge in [-0.25, -0.2) is 4.98 Å². The molecule has 0 spiro atoms. The number of fused-ring (bicyclic) bond motifs is 1. The molecule has 0 radical (unpaired) electrons. The van der Waals surface area contributed by atoms with Crippen molar-refractivity contribution in [2.24, 2.45) is 0 Å². The molecular weight excluding hydrogens is 310 g/mol. The lowest BCUT2D eigenvalue weighted by Crippen LogP contribution is -2.13. The zero-order valence-corrected chi connectivity index (χ0v) is 13.0. The van der Waals surface area contributed by atoms with Gasteiger partial charge < -0.3 is 4.42 Å². The van der Waals surface area contributed by atoms with Crippen LogP contribution < -0.4 is 0 Å². The number of rotatable bonds is 6. The Morgan fingerprint density at radius 1 is 1.26 bits per heavy atom. The maximum Gasteiger partial charge on any atom is 0.220 e. The Kier molecular flexibility index (Phi) is 4.69. The van der Waals surface area contributed by atoms with E-state index in [-0.39, 0.29) is 17.4 Å². The van der Waals surface area contributed by atoms with Gasteiger partial charge in [-0.2, -0.15) is 5.26 Å². The molecule has 0 amide bonds. The first-order valence-corrected chi connectivity index (χ1v) is 8.18. The van der Waals surface area contributed by atoms with Crippen LogP contribution in [0.1, 0.15) is 17.4 Å². The predicted molar refractivity (Wildman–Crippen MR) is 87.8 cm³/mol. The van der Waals surface area contributed by atoms with Gasteiger partial charge in [0.2, 0.25) is 5.89 Å².